The van der Waals surface area contributed by atoms with E-state index in [1.165, 1.54) is 35.5 Å². The normalized spacial score (nSPS) is 19.4. The Bertz CT molecular complexity index is 1200. The molecule has 0 aliphatic carbocycles. The molecule has 1 saturated heterocycles. The van der Waals surface area contributed by atoms with E-state index in [2.05, 4.69) is 0 Å². The Kier molecular flexibility index (Phi) is 6.83. The predicted octanol–water partition coefficient (Wildman–Crippen LogP) is 0.634. The van der Waals surface area contributed by atoms with Crippen LogP contribution < -0.4 is 5.73 Å². The first kappa shape index (κ1) is 24.1. The summed E-state index contributed by atoms with van der Waals surface area (Å²) in [5, 5.41) is 0. The smallest absolute Gasteiger partial charge is 0.243 e. The Morgan fingerprint density at radius 3 is 2.15 bits per heavy atom. The van der Waals surface area contributed by atoms with Gasteiger partial charge in [0.05, 0.1) is 17.5 Å². The first-order valence-electron chi connectivity index (χ1n) is 11.2. The van der Waals surface area contributed by atoms with E-state index in [9.17, 15) is 22.8 Å². The van der Waals surface area contributed by atoms with Gasteiger partial charge in [0.15, 0.2) is 5.78 Å². The van der Waals surface area contributed by atoms with Gasteiger partial charge in [0.2, 0.25) is 21.8 Å². The molecule has 1 fully saturated rings. The predicted molar refractivity (Wildman–Crippen MR) is 125 cm³/mol. The molecule has 0 spiro atoms. The van der Waals surface area contributed by atoms with Crippen LogP contribution in [0, 0.1) is 0 Å². The van der Waals surface area contributed by atoms with Crippen LogP contribution in [0.4, 0.5) is 0 Å². The molecule has 4 rings (SSSR count). The van der Waals surface area contributed by atoms with Gasteiger partial charge in [0, 0.05) is 38.3 Å². The average molecular weight is 485 g/mol. The van der Waals surface area contributed by atoms with Crippen molar-refractivity contribution in [2.75, 3.05) is 32.7 Å². The van der Waals surface area contributed by atoms with Gasteiger partial charge < -0.3 is 10.6 Å². The fraction of sp³-hybridized carbons (Fsp3) is 0.375. The first-order chi connectivity index (χ1) is 16.2. The van der Waals surface area contributed by atoms with E-state index in [0.717, 1.165) is 11.1 Å². The highest BCUT2D eigenvalue weighted by molar-refractivity contribution is 7.89. The van der Waals surface area contributed by atoms with Crippen molar-refractivity contribution in [2.45, 2.75) is 30.8 Å². The van der Waals surface area contributed by atoms with Gasteiger partial charge in [-0.1, -0.05) is 36.4 Å². The summed E-state index contributed by atoms with van der Waals surface area (Å²) in [6.45, 7) is 2.79. The van der Waals surface area contributed by atoms with Crippen molar-refractivity contribution in [1.29, 1.82) is 0 Å². The van der Waals surface area contributed by atoms with E-state index in [0.29, 0.717) is 18.5 Å². The summed E-state index contributed by atoms with van der Waals surface area (Å²) in [5.41, 5.74) is 8.20. The van der Waals surface area contributed by atoms with Crippen molar-refractivity contribution in [3.05, 3.63) is 65.2 Å². The van der Waals surface area contributed by atoms with Crippen molar-refractivity contribution in [3.8, 4) is 0 Å². The highest BCUT2D eigenvalue weighted by Crippen LogP contribution is 2.24. The molecule has 0 radical (unpaired) electrons. The fourth-order valence-electron chi connectivity index (χ4n) is 4.49. The Hall–Kier alpha value is -3.08. The third kappa shape index (κ3) is 4.89. The molecular weight excluding hydrogens is 456 g/mol. The first-order valence-corrected chi connectivity index (χ1v) is 12.6. The maximum absolute atomic E-state index is 13.0. The lowest BCUT2D eigenvalue weighted by atomic mass is 9.93. The quantitative estimate of drug-likeness (QED) is 0.601. The Labute approximate surface area is 199 Å². The molecule has 180 valence electrons. The van der Waals surface area contributed by atoms with Gasteiger partial charge in [0.25, 0.3) is 0 Å². The van der Waals surface area contributed by atoms with Crippen molar-refractivity contribution < 1.29 is 22.8 Å². The second kappa shape index (κ2) is 9.65. The number of primary amides is 1. The summed E-state index contributed by atoms with van der Waals surface area (Å²) < 4.78 is 27.3. The monoisotopic (exact) mass is 484 g/mol. The van der Waals surface area contributed by atoms with E-state index in [-0.39, 0.29) is 49.3 Å². The molecule has 0 bridgehead atoms. The number of Topliss-reactive ketones (excluding diaryl/α,β-unsaturated/α-hetero) is 1. The lowest BCUT2D eigenvalue weighted by Gasteiger charge is -2.38. The molecule has 2 N–H and O–H groups in total. The van der Waals surface area contributed by atoms with Gasteiger partial charge in [-0.2, -0.15) is 4.31 Å². The number of ketones is 1. The standard InChI is InChI=1S/C24H28N4O5S/c1-17(29)18-6-8-21(9-7-18)34(32,33)28-12-10-26(11-13-28)23(30)16-27-15-20-5-3-2-4-19(20)14-22(27)24(25)31/h2-9,22H,10-16H2,1H3,(H2,25,31)/t22-/m0/s1. The van der Waals surface area contributed by atoms with Crippen LogP contribution in [0.5, 0.6) is 0 Å². The van der Waals surface area contributed by atoms with Gasteiger partial charge >= 0.3 is 0 Å². The number of fused-ring (bicyclic) bond motifs is 1. The lowest BCUT2D eigenvalue weighted by Crippen LogP contribution is -2.55. The van der Waals surface area contributed by atoms with E-state index >= 15 is 0 Å². The van der Waals surface area contributed by atoms with Crippen LogP contribution in [0.25, 0.3) is 0 Å². The van der Waals surface area contributed by atoms with E-state index in [1.807, 2.05) is 24.3 Å². The number of rotatable bonds is 6. The number of hydrogen-bond donors (Lipinski definition) is 1. The molecule has 2 amide bonds. The molecule has 2 aromatic rings. The molecule has 2 aromatic carbocycles. The summed E-state index contributed by atoms with van der Waals surface area (Å²) in [6.07, 6.45) is 0.466. The molecule has 1 atom stereocenters. The number of benzene rings is 2. The SMILES string of the molecule is CC(=O)c1ccc(S(=O)(=O)N2CCN(C(=O)CN3Cc4ccccc4C[C@H]3C(N)=O)CC2)cc1. The maximum atomic E-state index is 13.0. The van der Waals surface area contributed by atoms with E-state index in [1.54, 1.807) is 9.80 Å². The molecule has 0 unspecified atom stereocenters. The number of hydrogen-bond acceptors (Lipinski definition) is 6. The van der Waals surface area contributed by atoms with Crippen molar-refractivity contribution in [3.63, 3.8) is 0 Å². The third-order valence-corrected chi connectivity index (χ3v) is 8.42. The largest absolute Gasteiger partial charge is 0.368 e. The molecule has 0 saturated carbocycles. The number of amides is 2. The van der Waals surface area contributed by atoms with Crippen molar-refractivity contribution in [2.24, 2.45) is 5.73 Å². The third-order valence-electron chi connectivity index (χ3n) is 6.50. The van der Waals surface area contributed by atoms with Gasteiger partial charge in [-0.3, -0.25) is 19.3 Å². The maximum Gasteiger partial charge on any atom is 0.243 e. The molecule has 34 heavy (non-hydrogen) atoms. The number of carbonyl (C=O) groups excluding carboxylic acids is 3. The molecular formula is C24H28N4O5S. The lowest BCUT2D eigenvalue weighted by molar-refractivity contribution is -0.136. The Morgan fingerprint density at radius 2 is 1.56 bits per heavy atom. The second-order valence-corrected chi connectivity index (χ2v) is 10.6. The van der Waals surface area contributed by atoms with Crippen LogP contribution in [0.3, 0.4) is 0 Å². The minimum atomic E-state index is -3.72. The van der Waals surface area contributed by atoms with E-state index < -0.39 is 22.0 Å². The molecule has 2 aliphatic rings. The molecule has 2 heterocycles. The summed E-state index contributed by atoms with van der Waals surface area (Å²) in [7, 11) is -3.72. The van der Waals surface area contributed by atoms with E-state index in [4.69, 9.17) is 5.73 Å². The van der Waals surface area contributed by atoms with Crippen LogP contribution in [-0.2, 0) is 32.6 Å². The zero-order valence-electron chi connectivity index (χ0n) is 19.0. The summed E-state index contributed by atoms with van der Waals surface area (Å²) in [5.74, 6) is -0.755. The number of nitrogens with two attached hydrogens (primary N) is 1. The molecule has 0 aromatic heterocycles. The number of carbonyl (C=O) groups is 3. The Balaban J connectivity index is 1.38. The van der Waals surface area contributed by atoms with Crippen LogP contribution >= 0.6 is 0 Å². The minimum Gasteiger partial charge on any atom is -0.368 e. The number of nitrogens with zero attached hydrogens (tertiary/aromatic N) is 3. The van der Waals surface area contributed by atoms with Crippen LogP contribution in [0.1, 0.15) is 28.4 Å². The highest BCUT2D eigenvalue weighted by atomic mass is 32.2. The fourth-order valence-corrected chi connectivity index (χ4v) is 5.91. The van der Waals surface area contributed by atoms with Gasteiger partial charge in [-0.15, -0.1) is 0 Å². The van der Waals surface area contributed by atoms with Crippen LogP contribution in [-0.4, -0.2) is 78.9 Å². The van der Waals surface area contributed by atoms with Crippen LogP contribution in [0.15, 0.2) is 53.4 Å². The molecule has 9 nitrogen and oxygen atoms in total. The van der Waals surface area contributed by atoms with Gasteiger partial charge in [-0.25, -0.2) is 8.42 Å². The van der Waals surface area contributed by atoms with Gasteiger partial charge in [0.1, 0.15) is 0 Å². The van der Waals surface area contributed by atoms with Crippen LogP contribution in [0.2, 0.25) is 0 Å². The summed E-state index contributed by atoms with van der Waals surface area (Å²) >= 11 is 0. The topological polar surface area (TPSA) is 121 Å². The zero-order valence-corrected chi connectivity index (χ0v) is 19.8. The summed E-state index contributed by atoms with van der Waals surface area (Å²) in [6, 6.07) is 13.1. The minimum absolute atomic E-state index is 0.0429. The Morgan fingerprint density at radius 1 is 0.941 bits per heavy atom. The van der Waals surface area contributed by atoms with Gasteiger partial charge in [-0.05, 0) is 36.6 Å². The number of piperazine rings is 1. The van der Waals surface area contributed by atoms with Crippen molar-refractivity contribution >= 4 is 27.6 Å². The highest BCUT2D eigenvalue weighted by Gasteiger charge is 2.34. The van der Waals surface area contributed by atoms with Crippen molar-refractivity contribution in [1.82, 2.24) is 14.1 Å². The number of sulfonamides is 1. The summed E-state index contributed by atoms with van der Waals surface area (Å²) in [4.78, 5) is 40.0. The zero-order chi connectivity index (χ0) is 24.5. The molecule has 2 aliphatic heterocycles. The molecule has 10 heteroatoms. The average Bonchev–Trinajstić information content (AvgIpc) is 2.83. The second-order valence-electron chi connectivity index (χ2n) is 8.66.